The predicted molar refractivity (Wildman–Crippen MR) is 51.3 cm³/mol. The van der Waals surface area contributed by atoms with Gasteiger partial charge >= 0.3 is 0 Å². The lowest BCUT2D eigenvalue weighted by molar-refractivity contribution is -0.131. The van der Waals surface area contributed by atoms with Crippen LogP contribution in [0.15, 0.2) is 0 Å². The third-order valence-electron chi connectivity index (χ3n) is 2.40. The summed E-state index contributed by atoms with van der Waals surface area (Å²) in [6.45, 7) is 5.33. The summed E-state index contributed by atoms with van der Waals surface area (Å²) in [5.41, 5.74) is 0. The summed E-state index contributed by atoms with van der Waals surface area (Å²) in [7, 11) is 0. The van der Waals surface area contributed by atoms with Crippen molar-refractivity contribution in [3.8, 4) is 0 Å². The Bertz CT molecular complexity index is 178. The molecule has 2 rings (SSSR count). The molecular weight excluding hydrogens is 166 g/mol. The van der Waals surface area contributed by atoms with Crippen LogP contribution in [0.4, 0.5) is 0 Å². The summed E-state index contributed by atoms with van der Waals surface area (Å²) in [5, 5.41) is 9.16. The van der Waals surface area contributed by atoms with Crippen molar-refractivity contribution < 1.29 is 9.90 Å². The largest absolute Gasteiger partial charge is 0.391 e. The molecule has 0 radical (unpaired) electrons. The monoisotopic (exact) mass is 185 g/mol. The molecule has 3 heteroatoms. The van der Waals surface area contributed by atoms with Gasteiger partial charge in [0.05, 0.1) is 6.10 Å². The third kappa shape index (κ3) is 2.69. The smallest absolute Gasteiger partial charge is 0.225 e. The van der Waals surface area contributed by atoms with Crippen LogP contribution in [0.25, 0.3) is 0 Å². The van der Waals surface area contributed by atoms with Crippen LogP contribution in [0, 0.1) is 5.92 Å². The van der Waals surface area contributed by atoms with Crippen LogP contribution in [-0.2, 0) is 4.79 Å². The van der Waals surface area contributed by atoms with Crippen LogP contribution in [0.3, 0.4) is 0 Å². The van der Waals surface area contributed by atoms with E-state index < -0.39 is 0 Å². The fraction of sp³-hybridized carbons (Fsp3) is 0.900. The first-order valence-corrected chi connectivity index (χ1v) is 5.24. The van der Waals surface area contributed by atoms with Crippen LogP contribution in [0.5, 0.6) is 0 Å². The average molecular weight is 185 g/mol. The number of rotatable bonds is 1. The molecule has 0 bridgehead atoms. The second-order valence-corrected chi connectivity index (χ2v) is 3.50. The first-order chi connectivity index (χ1) is 6.27. The number of carbonyl (C=O) groups excluding carboxylic acids is 1. The molecule has 2 fully saturated rings. The van der Waals surface area contributed by atoms with Crippen molar-refractivity contribution in [3.05, 3.63) is 0 Å². The van der Waals surface area contributed by atoms with Gasteiger partial charge in [0.2, 0.25) is 5.91 Å². The maximum Gasteiger partial charge on any atom is 0.225 e. The Labute approximate surface area is 79.7 Å². The number of β-amino-alcohol motifs (C(OH)–C–C–N with tert-alkyl or cyclic N) is 1. The number of hydrogen-bond donors (Lipinski definition) is 1. The molecule has 0 aromatic rings. The zero-order valence-corrected chi connectivity index (χ0v) is 8.49. The summed E-state index contributed by atoms with van der Waals surface area (Å²) in [4.78, 5) is 13.2. The van der Waals surface area contributed by atoms with Gasteiger partial charge in [-0.25, -0.2) is 0 Å². The second-order valence-electron chi connectivity index (χ2n) is 3.50. The summed E-state index contributed by atoms with van der Waals surface area (Å²) in [6, 6.07) is 0. The zero-order valence-electron chi connectivity index (χ0n) is 8.49. The number of hydrogen-bond acceptors (Lipinski definition) is 2. The molecule has 1 aliphatic heterocycles. The van der Waals surface area contributed by atoms with Crippen molar-refractivity contribution >= 4 is 5.91 Å². The molecule has 13 heavy (non-hydrogen) atoms. The number of nitrogens with zero attached hydrogens (tertiary/aromatic N) is 1. The van der Waals surface area contributed by atoms with Gasteiger partial charge in [-0.3, -0.25) is 4.79 Å². The fourth-order valence-corrected chi connectivity index (χ4v) is 1.53. The first-order valence-electron chi connectivity index (χ1n) is 5.24. The standard InChI is InChI=1S/C8H13NO2.C2H6/c10-7-3-4-9(5-7)8(11)6-1-2-6;1-2/h6-7,10H,1-5H2;1-2H3. The molecule has 2 aliphatic rings. The molecule has 1 N–H and O–H groups in total. The van der Waals surface area contributed by atoms with Crippen molar-refractivity contribution in [1.29, 1.82) is 0 Å². The molecule has 1 saturated heterocycles. The zero-order chi connectivity index (χ0) is 9.84. The molecule has 3 nitrogen and oxygen atoms in total. The van der Waals surface area contributed by atoms with E-state index in [0.717, 1.165) is 25.8 Å². The van der Waals surface area contributed by atoms with E-state index in [9.17, 15) is 4.79 Å². The second kappa shape index (κ2) is 4.61. The van der Waals surface area contributed by atoms with Gasteiger partial charge in [0.15, 0.2) is 0 Å². The number of aliphatic hydroxyl groups excluding tert-OH is 1. The van der Waals surface area contributed by atoms with Crippen LogP contribution in [0.2, 0.25) is 0 Å². The average Bonchev–Trinajstić information content (AvgIpc) is 2.92. The van der Waals surface area contributed by atoms with E-state index in [1.54, 1.807) is 4.90 Å². The third-order valence-corrected chi connectivity index (χ3v) is 2.40. The van der Waals surface area contributed by atoms with Crippen molar-refractivity contribution in [2.45, 2.75) is 39.2 Å². The highest BCUT2D eigenvalue weighted by atomic mass is 16.3. The molecule has 1 unspecified atom stereocenters. The van der Waals surface area contributed by atoms with Gasteiger partial charge in [0.1, 0.15) is 0 Å². The Morgan fingerprint density at radius 2 is 1.92 bits per heavy atom. The van der Waals surface area contributed by atoms with Gasteiger partial charge in [-0.2, -0.15) is 0 Å². The van der Waals surface area contributed by atoms with Gasteiger partial charge in [0, 0.05) is 19.0 Å². The number of amides is 1. The Morgan fingerprint density at radius 1 is 1.31 bits per heavy atom. The van der Waals surface area contributed by atoms with E-state index in [1.165, 1.54) is 0 Å². The molecule has 0 aromatic heterocycles. The van der Waals surface area contributed by atoms with Crippen molar-refractivity contribution in [2.24, 2.45) is 5.92 Å². The minimum absolute atomic E-state index is 0.265. The highest BCUT2D eigenvalue weighted by Gasteiger charge is 2.35. The predicted octanol–water partition coefficient (Wildman–Crippen LogP) is 1.02. The molecule has 0 aromatic carbocycles. The van der Waals surface area contributed by atoms with Gasteiger partial charge in [0.25, 0.3) is 0 Å². The molecule has 1 amide bonds. The summed E-state index contributed by atoms with van der Waals surface area (Å²) < 4.78 is 0. The van der Waals surface area contributed by atoms with Crippen LogP contribution >= 0.6 is 0 Å². The lowest BCUT2D eigenvalue weighted by Gasteiger charge is -2.14. The molecule has 76 valence electrons. The number of carbonyl (C=O) groups is 1. The maximum atomic E-state index is 11.4. The molecule has 1 saturated carbocycles. The van der Waals surface area contributed by atoms with E-state index in [-0.39, 0.29) is 12.0 Å². The lowest BCUT2D eigenvalue weighted by atomic mass is 10.3. The SMILES string of the molecule is CC.O=C(C1CC1)N1CCC(O)C1. The van der Waals surface area contributed by atoms with E-state index in [4.69, 9.17) is 5.11 Å². The Hall–Kier alpha value is -0.570. The van der Waals surface area contributed by atoms with E-state index in [2.05, 4.69) is 0 Å². The molecule has 1 aliphatic carbocycles. The quantitative estimate of drug-likeness (QED) is 0.662. The summed E-state index contributed by atoms with van der Waals surface area (Å²) in [5.74, 6) is 0.571. The molecule has 1 atom stereocenters. The van der Waals surface area contributed by atoms with Gasteiger partial charge in [-0.1, -0.05) is 13.8 Å². The minimum Gasteiger partial charge on any atom is -0.391 e. The van der Waals surface area contributed by atoms with Gasteiger partial charge in [-0.15, -0.1) is 0 Å². The number of aliphatic hydroxyl groups is 1. The first kappa shape index (κ1) is 10.5. The number of likely N-dealkylation sites (tertiary alicyclic amines) is 1. The van der Waals surface area contributed by atoms with Crippen LogP contribution in [0.1, 0.15) is 33.1 Å². The topological polar surface area (TPSA) is 40.5 Å². The highest BCUT2D eigenvalue weighted by molar-refractivity contribution is 5.81. The summed E-state index contributed by atoms with van der Waals surface area (Å²) >= 11 is 0. The van der Waals surface area contributed by atoms with Crippen LogP contribution < -0.4 is 0 Å². The minimum atomic E-state index is -0.266. The van der Waals surface area contributed by atoms with Crippen molar-refractivity contribution in [2.75, 3.05) is 13.1 Å². The maximum absolute atomic E-state index is 11.4. The van der Waals surface area contributed by atoms with Gasteiger partial charge < -0.3 is 10.0 Å². The molecular formula is C10H19NO2. The van der Waals surface area contributed by atoms with Crippen molar-refractivity contribution in [1.82, 2.24) is 4.90 Å². The Kier molecular flexibility index (Phi) is 3.72. The molecule has 1 heterocycles. The van der Waals surface area contributed by atoms with Gasteiger partial charge in [-0.05, 0) is 19.3 Å². The van der Waals surface area contributed by atoms with Crippen LogP contribution in [-0.4, -0.2) is 35.1 Å². The van der Waals surface area contributed by atoms with E-state index in [0.29, 0.717) is 12.5 Å². The lowest BCUT2D eigenvalue weighted by Crippen LogP contribution is -2.30. The van der Waals surface area contributed by atoms with Crippen molar-refractivity contribution in [3.63, 3.8) is 0 Å². The normalized spacial score (nSPS) is 26.7. The summed E-state index contributed by atoms with van der Waals surface area (Å²) in [6.07, 6.45) is 2.62. The molecule has 0 spiro atoms. The Balaban J connectivity index is 0.000000396. The fourth-order valence-electron chi connectivity index (χ4n) is 1.53. The van der Waals surface area contributed by atoms with E-state index >= 15 is 0 Å². The Morgan fingerprint density at radius 3 is 2.31 bits per heavy atom. The highest BCUT2D eigenvalue weighted by Crippen LogP contribution is 2.31. The van der Waals surface area contributed by atoms with E-state index in [1.807, 2.05) is 13.8 Å².